The predicted octanol–water partition coefficient (Wildman–Crippen LogP) is 4.05. The molecule has 0 bridgehead atoms. The van der Waals surface area contributed by atoms with Crippen LogP contribution in [-0.2, 0) is 4.74 Å². The summed E-state index contributed by atoms with van der Waals surface area (Å²) in [4.78, 5) is 11.6. The fourth-order valence-electron chi connectivity index (χ4n) is 4.76. The number of methoxy groups -OCH3 is 1. The third kappa shape index (κ3) is 4.99. The molecule has 5 rings (SSSR count). The zero-order valence-corrected chi connectivity index (χ0v) is 19.9. The van der Waals surface area contributed by atoms with Gasteiger partial charge >= 0.3 is 0 Å². The van der Waals surface area contributed by atoms with E-state index in [1.165, 1.54) is 12.8 Å². The maximum atomic E-state index is 10.0. The number of hydrogen-bond acceptors (Lipinski definition) is 7. The number of anilines is 2. The Morgan fingerprint density at radius 1 is 1.21 bits per heavy atom. The second-order valence-corrected chi connectivity index (χ2v) is 9.66. The van der Waals surface area contributed by atoms with Gasteiger partial charge < -0.3 is 20.1 Å². The Balaban J connectivity index is 1.30. The fraction of sp³-hybridized carbons (Fsp3) is 0.542. The van der Waals surface area contributed by atoms with Crippen molar-refractivity contribution in [3.8, 4) is 0 Å². The van der Waals surface area contributed by atoms with Gasteiger partial charge in [0.05, 0.1) is 41.8 Å². The largest absolute Gasteiger partial charge is 0.389 e. The number of aromatic nitrogens is 4. The Kier molecular flexibility index (Phi) is 6.51. The predicted molar refractivity (Wildman–Crippen MR) is 129 cm³/mol. The van der Waals surface area contributed by atoms with Crippen molar-refractivity contribution in [2.45, 2.75) is 50.7 Å². The molecule has 176 valence electrons. The highest BCUT2D eigenvalue weighted by atomic mass is 35.5. The molecule has 1 aromatic carbocycles. The summed E-state index contributed by atoms with van der Waals surface area (Å²) < 4.78 is 7.13. The number of aliphatic hydroxyl groups excluding tert-OH is 1. The normalized spacial score (nSPS) is 18.7. The third-order valence-electron chi connectivity index (χ3n) is 6.74. The maximum Gasteiger partial charge on any atom is 0.227 e. The SMILES string of the molecule is COC[C@@H](O)CN1CCC(c2cc3nc(Nc4cnn(C5CC5)c4C)ncc3cc2Cl)CC1. The molecule has 33 heavy (non-hydrogen) atoms. The summed E-state index contributed by atoms with van der Waals surface area (Å²) in [6.45, 7) is 4.95. The monoisotopic (exact) mass is 470 g/mol. The van der Waals surface area contributed by atoms with Crippen molar-refractivity contribution >= 4 is 34.1 Å². The number of aliphatic hydroxyl groups is 1. The van der Waals surface area contributed by atoms with E-state index in [0.717, 1.165) is 58.8 Å². The number of ether oxygens (including phenoxy) is 1. The van der Waals surface area contributed by atoms with Gasteiger partial charge in [0, 0.05) is 30.3 Å². The van der Waals surface area contributed by atoms with Gasteiger partial charge in [0.25, 0.3) is 0 Å². The molecule has 2 aliphatic rings. The smallest absolute Gasteiger partial charge is 0.227 e. The molecule has 3 heterocycles. The first-order chi connectivity index (χ1) is 16.0. The van der Waals surface area contributed by atoms with E-state index in [1.807, 2.05) is 18.5 Å². The summed E-state index contributed by atoms with van der Waals surface area (Å²) in [5.41, 5.74) is 4.08. The molecule has 1 atom stereocenters. The van der Waals surface area contributed by atoms with E-state index < -0.39 is 6.10 Å². The van der Waals surface area contributed by atoms with Gasteiger partial charge in [0.15, 0.2) is 0 Å². The number of hydrogen-bond donors (Lipinski definition) is 2. The number of benzene rings is 1. The molecule has 9 heteroatoms. The molecule has 0 radical (unpaired) electrons. The van der Waals surface area contributed by atoms with Crippen LogP contribution in [-0.4, -0.2) is 69.2 Å². The van der Waals surface area contributed by atoms with Gasteiger partial charge in [-0.1, -0.05) is 11.6 Å². The summed E-state index contributed by atoms with van der Waals surface area (Å²) in [5, 5.41) is 19.6. The van der Waals surface area contributed by atoms with Crippen molar-refractivity contribution in [2.24, 2.45) is 0 Å². The molecule has 2 aromatic heterocycles. The molecular weight excluding hydrogens is 440 g/mol. The van der Waals surface area contributed by atoms with E-state index in [-0.39, 0.29) is 0 Å². The zero-order chi connectivity index (χ0) is 22.9. The van der Waals surface area contributed by atoms with Crippen molar-refractivity contribution in [2.75, 3.05) is 38.7 Å². The number of piperidine rings is 1. The number of likely N-dealkylation sites (tertiary alicyclic amines) is 1. The summed E-state index contributed by atoms with van der Waals surface area (Å²) in [5.74, 6) is 0.944. The topological polar surface area (TPSA) is 88.3 Å². The van der Waals surface area contributed by atoms with E-state index in [0.29, 0.717) is 31.1 Å². The number of rotatable bonds is 8. The lowest BCUT2D eigenvalue weighted by Crippen LogP contribution is -2.39. The number of nitrogens with zero attached hydrogens (tertiary/aromatic N) is 5. The van der Waals surface area contributed by atoms with Crippen molar-refractivity contribution < 1.29 is 9.84 Å². The highest BCUT2D eigenvalue weighted by Gasteiger charge is 2.27. The zero-order valence-electron chi connectivity index (χ0n) is 19.2. The lowest BCUT2D eigenvalue weighted by Gasteiger charge is -2.33. The molecule has 8 nitrogen and oxygen atoms in total. The molecule has 1 saturated heterocycles. The summed E-state index contributed by atoms with van der Waals surface area (Å²) in [6, 6.07) is 4.63. The van der Waals surface area contributed by atoms with Crippen LogP contribution in [0, 0.1) is 6.92 Å². The first-order valence-corrected chi connectivity index (χ1v) is 12.1. The van der Waals surface area contributed by atoms with Crippen molar-refractivity contribution in [1.29, 1.82) is 0 Å². The van der Waals surface area contributed by atoms with Gasteiger partial charge in [-0.25, -0.2) is 9.97 Å². The molecule has 1 saturated carbocycles. The Morgan fingerprint density at radius 3 is 2.73 bits per heavy atom. The Morgan fingerprint density at radius 2 is 2.00 bits per heavy atom. The summed E-state index contributed by atoms with van der Waals surface area (Å²) in [7, 11) is 1.62. The van der Waals surface area contributed by atoms with Crippen LogP contribution < -0.4 is 5.32 Å². The van der Waals surface area contributed by atoms with Crippen molar-refractivity contribution in [3.05, 3.63) is 40.8 Å². The number of fused-ring (bicyclic) bond motifs is 1. The van der Waals surface area contributed by atoms with Gasteiger partial charge in [-0.05, 0) is 69.3 Å². The maximum absolute atomic E-state index is 10.0. The highest BCUT2D eigenvalue weighted by Crippen LogP contribution is 2.37. The van der Waals surface area contributed by atoms with E-state index in [4.69, 9.17) is 21.3 Å². The van der Waals surface area contributed by atoms with Crippen LogP contribution in [0.1, 0.15) is 48.9 Å². The minimum Gasteiger partial charge on any atom is -0.389 e. The molecule has 0 amide bonds. The fourth-order valence-corrected chi connectivity index (χ4v) is 5.09. The van der Waals surface area contributed by atoms with E-state index in [2.05, 4.69) is 38.0 Å². The summed E-state index contributed by atoms with van der Waals surface area (Å²) in [6.07, 6.45) is 7.63. The first-order valence-electron chi connectivity index (χ1n) is 11.7. The first kappa shape index (κ1) is 22.5. The van der Waals surface area contributed by atoms with E-state index in [9.17, 15) is 5.11 Å². The number of β-amino-alcohol motifs (C(OH)–C–C–N with tert-alkyl or cyclic N) is 1. The van der Waals surface area contributed by atoms with Crippen LogP contribution in [0.25, 0.3) is 10.9 Å². The molecule has 1 aliphatic carbocycles. The highest BCUT2D eigenvalue weighted by molar-refractivity contribution is 6.32. The molecular formula is C24H31ClN6O2. The Bertz CT molecular complexity index is 1120. The van der Waals surface area contributed by atoms with Gasteiger partial charge in [0.2, 0.25) is 5.95 Å². The van der Waals surface area contributed by atoms with Gasteiger partial charge in [-0.2, -0.15) is 5.10 Å². The van der Waals surface area contributed by atoms with Crippen molar-refractivity contribution in [1.82, 2.24) is 24.6 Å². The molecule has 3 aromatic rings. The molecule has 2 N–H and O–H groups in total. The minimum absolute atomic E-state index is 0.368. The molecule has 0 unspecified atom stereocenters. The van der Waals surface area contributed by atoms with Crippen LogP contribution in [0.15, 0.2) is 24.5 Å². The van der Waals surface area contributed by atoms with Crippen molar-refractivity contribution in [3.63, 3.8) is 0 Å². The second kappa shape index (κ2) is 9.54. The lowest BCUT2D eigenvalue weighted by molar-refractivity contribution is 0.0320. The quantitative estimate of drug-likeness (QED) is 0.513. The van der Waals surface area contributed by atoms with Gasteiger partial charge in [0.1, 0.15) is 0 Å². The van der Waals surface area contributed by atoms with Crippen LogP contribution >= 0.6 is 11.6 Å². The van der Waals surface area contributed by atoms with Crippen LogP contribution in [0.4, 0.5) is 11.6 Å². The number of nitrogens with one attached hydrogen (secondary N) is 1. The molecule has 2 fully saturated rings. The lowest BCUT2D eigenvalue weighted by atomic mass is 9.88. The average molecular weight is 471 g/mol. The third-order valence-corrected chi connectivity index (χ3v) is 7.06. The van der Waals surface area contributed by atoms with Gasteiger partial charge in [-0.3, -0.25) is 4.68 Å². The van der Waals surface area contributed by atoms with Crippen LogP contribution in [0.3, 0.4) is 0 Å². The number of halogens is 1. The molecule has 1 aliphatic heterocycles. The Labute approximate surface area is 198 Å². The standard InChI is InChI=1S/C24H31ClN6O2/c1-15-23(12-27-31(15)18-3-4-18)29-24-26-11-17-9-21(25)20(10-22(17)28-24)16-5-7-30(8-6-16)13-19(32)14-33-2/h9-12,16,18-19,32H,3-8,13-14H2,1-2H3,(H,26,28,29)/t19-/m0/s1. The molecule has 0 spiro atoms. The average Bonchev–Trinajstić information content (AvgIpc) is 3.58. The van der Waals surface area contributed by atoms with Gasteiger partial charge in [-0.15, -0.1) is 0 Å². The minimum atomic E-state index is -0.446. The van der Waals surface area contributed by atoms with Crippen LogP contribution in [0.5, 0.6) is 0 Å². The Hall–Kier alpha value is -2.26. The van der Waals surface area contributed by atoms with E-state index in [1.54, 1.807) is 7.11 Å². The second-order valence-electron chi connectivity index (χ2n) is 9.25. The van der Waals surface area contributed by atoms with E-state index >= 15 is 0 Å². The summed E-state index contributed by atoms with van der Waals surface area (Å²) >= 11 is 6.67. The van der Waals surface area contributed by atoms with Crippen LogP contribution in [0.2, 0.25) is 5.02 Å².